The number of hydrogen-bond acceptors (Lipinski definition) is 5. The Hall–Kier alpha value is -2.81. The number of benzene rings is 1. The average Bonchev–Trinajstić information content (AvgIpc) is 2.71. The van der Waals surface area contributed by atoms with Crippen LogP contribution < -0.4 is 15.5 Å². The molecule has 1 aliphatic rings. The fourth-order valence-electron chi connectivity index (χ4n) is 3.03. The zero-order valence-electron chi connectivity index (χ0n) is 16.2. The predicted molar refractivity (Wildman–Crippen MR) is 106 cm³/mol. The van der Waals surface area contributed by atoms with Crippen molar-refractivity contribution in [1.29, 1.82) is 0 Å². The number of alkyl halides is 3. The van der Waals surface area contributed by atoms with Gasteiger partial charge in [-0.15, -0.1) is 0 Å². The molecule has 1 aromatic carbocycles. The van der Waals surface area contributed by atoms with Gasteiger partial charge in [-0.3, -0.25) is 4.79 Å². The highest BCUT2D eigenvalue weighted by atomic mass is 19.4. The number of nitrogens with zero attached hydrogens (tertiary/aromatic N) is 3. The van der Waals surface area contributed by atoms with Crippen LogP contribution in [-0.2, 0) is 17.5 Å². The summed E-state index contributed by atoms with van der Waals surface area (Å²) in [6.07, 6.45) is -2.70. The first-order valence-corrected chi connectivity index (χ1v) is 9.37. The molecular formula is C20H24F3N5O. The molecule has 0 atom stereocenters. The van der Waals surface area contributed by atoms with Gasteiger partial charge in [0, 0.05) is 44.6 Å². The van der Waals surface area contributed by atoms with Crippen LogP contribution in [0.5, 0.6) is 0 Å². The van der Waals surface area contributed by atoms with E-state index in [2.05, 4.69) is 32.5 Å². The van der Waals surface area contributed by atoms with E-state index in [4.69, 9.17) is 0 Å². The normalized spacial score (nSPS) is 15.2. The second-order valence-corrected chi connectivity index (χ2v) is 7.02. The molecule has 0 radical (unpaired) electrons. The molecule has 9 heteroatoms. The Morgan fingerprint density at radius 3 is 2.62 bits per heavy atom. The summed E-state index contributed by atoms with van der Waals surface area (Å²) in [6, 6.07) is 8.56. The summed E-state index contributed by atoms with van der Waals surface area (Å²) in [6.45, 7) is 3.97. The molecule has 0 saturated carbocycles. The SMILES string of the molecule is CN1CCN(c2cc(CNC(=O)CNc3cccc(C(F)(F)F)c3)ccn2)CC1. The van der Waals surface area contributed by atoms with Crippen LogP contribution in [0.3, 0.4) is 0 Å². The van der Waals surface area contributed by atoms with Crippen LogP contribution >= 0.6 is 0 Å². The summed E-state index contributed by atoms with van der Waals surface area (Å²) >= 11 is 0. The Morgan fingerprint density at radius 2 is 1.90 bits per heavy atom. The highest BCUT2D eigenvalue weighted by Crippen LogP contribution is 2.30. The molecule has 2 N–H and O–H groups in total. The molecular weight excluding hydrogens is 383 g/mol. The first-order chi connectivity index (χ1) is 13.8. The molecule has 1 saturated heterocycles. The van der Waals surface area contributed by atoms with Crippen molar-refractivity contribution in [2.75, 3.05) is 50.0 Å². The smallest absolute Gasteiger partial charge is 0.376 e. The third-order valence-corrected chi connectivity index (χ3v) is 4.77. The van der Waals surface area contributed by atoms with E-state index in [9.17, 15) is 18.0 Å². The van der Waals surface area contributed by atoms with E-state index in [0.717, 1.165) is 49.7 Å². The molecule has 0 bridgehead atoms. The number of anilines is 2. The second-order valence-electron chi connectivity index (χ2n) is 7.02. The van der Waals surface area contributed by atoms with Crippen molar-refractivity contribution in [3.63, 3.8) is 0 Å². The Labute approximate surface area is 167 Å². The zero-order valence-corrected chi connectivity index (χ0v) is 16.2. The lowest BCUT2D eigenvalue weighted by Crippen LogP contribution is -2.44. The van der Waals surface area contributed by atoms with Crippen LogP contribution in [0.1, 0.15) is 11.1 Å². The molecule has 2 aromatic rings. The number of pyridine rings is 1. The molecule has 3 rings (SSSR count). The lowest BCUT2D eigenvalue weighted by atomic mass is 10.2. The topological polar surface area (TPSA) is 60.5 Å². The second kappa shape index (κ2) is 9.13. The largest absolute Gasteiger partial charge is 0.416 e. The van der Waals surface area contributed by atoms with Crippen LogP contribution in [0.15, 0.2) is 42.6 Å². The van der Waals surface area contributed by atoms with Crippen molar-refractivity contribution in [2.24, 2.45) is 0 Å². The summed E-state index contributed by atoms with van der Waals surface area (Å²) in [5.41, 5.74) is 0.411. The van der Waals surface area contributed by atoms with Gasteiger partial charge in [0.05, 0.1) is 12.1 Å². The lowest BCUT2D eigenvalue weighted by molar-refractivity contribution is -0.137. The summed E-state index contributed by atoms with van der Waals surface area (Å²) < 4.78 is 38.2. The maximum absolute atomic E-state index is 12.7. The first-order valence-electron chi connectivity index (χ1n) is 9.37. The Kier molecular flexibility index (Phi) is 6.58. The molecule has 0 aliphatic carbocycles. The van der Waals surface area contributed by atoms with Gasteiger partial charge in [0.15, 0.2) is 0 Å². The first kappa shape index (κ1) is 20.9. The minimum absolute atomic E-state index is 0.113. The van der Waals surface area contributed by atoms with Gasteiger partial charge in [-0.25, -0.2) is 4.98 Å². The van der Waals surface area contributed by atoms with E-state index < -0.39 is 11.7 Å². The van der Waals surface area contributed by atoms with Gasteiger partial charge >= 0.3 is 6.18 Å². The number of amides is 1. The molecule has 0 spiro atoms. The van der Waals surface area contributed by atoms with Gasteiger partial charge in [0.1, 0.15) is 5.82 Å². The predicted octanol–water partition coefficient (Wildman–Crippen LogP) is 2.58. The van der Waals surface area contributed by atoms with Gasteiger partial charge in [-0.1, -0.05) is 6.07 Å². The molecule has 1 aromatic heterocycles. The van der Waals surface area contributed by atoms with Gasteiger partial charge in [0.2, 0.25) is 5.91 Å². The van der Waals surface area contributed by atoms with Crippen LogP contribution in [0, 0.1) is 0 Å². The van der Waals surface area contributed by atoms with E-state index in [1.54, 1.807) is 6.20 Å². The Morgan fingerprint density at radius 1 is 1.14 bits per heavy atom. The fraction of sp³-hybridized carbons (Fsp3) is 0.400. The van der Waals surface area contributed by atoms with E-state index in [1.807, 2.05) is 12.1 Å². The number of piperazine rings is 1. The van der Waals surface area contributed by atoms with Crippen molar-refractivity contribution < 1.29 is 18.0 Å². The summed E-state index contributed by atoms with van der Waals surface area (Å²) in [5, 5.41) is 5.50. The quantitative estimate of drug-likeness (QED) is 0.771. The minimum atomic E-state index is -4.41. The van der Waals surface area contributed by atoms with E-state index in [-0.39, 0.29) is 18.1 Å². The maximum Gasteiger partial charge on any atom is 0.416 e. The van der Waals surface area contributed by atoms with Crippen molar-refractivity contribution in [3.8, 4) is 0 Å². The number of halogens is 3. The lowest BCUT2D eigenvalue weighted by Gasteiger charge is -2.33. The van der Waals surface area contributed by atoms with E-state index >= 15 is 0 Å². The van der Waals surface area contributed by atoms with Crippen LogP contribution in [0.2, 0.25) is 0 Å². The van der Waals surface area contributed by atoms with Crippen molar-refractivity contribution in [2.45, 2.75) is 12.7 Å². The van der Waals surface area contributed by atoms with Crippen LogP contribution in [0.25, 0.3) is 0 Å². The number of hydrogen-bond donors (Lipinski definition) is 2. The van der Waals surface area contributed by atoms with Crippen molar-refractivity contribution >= 4 is 17.4 Å². The highest BCUT2D eigenvalue weighted by Gasteiger charge is 2.30. The van der Waals surface area contributed by atoms with E-state index in [0.29, 0.717) is 6.54 Å². The Bertz CT molecular complexity index is 835. The molecule has 29 heavy (non-hydrogen) atoms. The number of rotatable bonds is 6. The van der Waals surface area contributed by atoms with Crippen LogP contribution in [0.4, 0.5) is 24.7 Å². The molecule has 1 amide bonds. The minimum Gasteiger partial charge on any atom is -0.376 e. The Balaban J connectivity index is 1.49. The van der Waals surface area contributed by atoms with Crippen molar-refractivity contribution in [1.82, 2.24) is 15.2 Å². The van der Waals surface area contributed by atoms with Crippen molar-refractivity contribution in [3.05, 3.63) is 53.7 Å². The molecule has 6 nitrogen and oxygen atoms in total. The average molecular weight is 407 g/mol. The number of nitrogens with one attached hydrogen (secondary N) is 2. The van der Waals surface area contributed by atoms with Gasteiger partial charge in [-0.05, 0) is 42.9 Å². The summed E-state index contributed by atoms with van der Waals surface area (Å²) in [4.78, 5) is 20.9. The van der Waals surface area contributed by atoms with Gasteiger partial charge in [0.25, 0.3) is 0 Å². The number of likely N-dealkylation sites (N-methyl/N-ethyl adjacent to an activating group) is 1. The molecule has 0 unspecified atom stereocenters. The number of carbonyl (C=O) groups is 1. The van der Waals surface area contributed by atoms with Crippen LogP contribution in [-0.4, -0.2) is 55.6 Å². The number of carbonyl (C=O) groups excluding carboxylic acids is 1. The standard InChI is InChI=1S/C20H24F3N5O/c1-27-7-9-28(10-8-27)18-11-15(5-6-24-18)13-26-19(29)14-25-17-4-2-3-16(12-17)20(21,22)23/h2-6,11-12,25H,7-10,13-14H2,1H3,(H,26,29). The molecule has 156 valence electrons. The zero-order chi connectivity index (χ0) is 20.9. The fourth-order valence-corrected chi connectivity index (χ4v) is 3.03. The highest BCUT2D eigenvalue weighted by molar-refractivity contribution is 5.80. The third-order valence-electron chi connectivity index (χ3n) is 4.77. The van der Waals surface area contributed by atoms with E-state index in [1.165, 1.54) is 12.1 Å². The molecule has 1 fully saturated rings. The van der Waals surface area contributed by atoms with Gasteiger partial charge < -0.3 is 20.4 Å². The monoisotopic (exact) mass is 407 g/mol. The molecule has 2 heterocycles. The third kappa shape index (κ3) is 6.08. The summed E-state index contributed by atoms with van der Waals surface area (Å²) in [5.74, 6) is 0.576. The summed E-state index contributed by atoms with van der Waals surface area (Å²) in [7, 11) is 2.09. The number of aromatic nitrogens is 1. The van der Waals surface area contributed by atoms with Gasteiger partial charge in [-0.2, -0.15) is 13.2 Å². The maximum atomic E-state index is 12.7. The molecule has 1 aliphatic heterocycles.